The van der Waals surface area contributed by atoms with Crippen LogP contribution in [-0.4, -0.2) is 37.0 Å². The molecule has 4 nitrogen and oxygen atoms in total. The third-order valence-corrected chi connectivity index (χ3v) is 3.00. The molecule has 19 heavy (non-hydrogen) atoms. The lowest BCUT2D eigenvalue weighted by molar-refractivity contribution is -0.137. The predicted molar refractivity (Wildman–Crippen MR) is 74.4 cm³/mol. The van der Waals surface area contributed by atoms with E-state index in [1.165, 1.54) is 0 Å². The molecule has 1 aromatic rings. The second kappa shape index (κ2) is 7.63. The van der Waals surface area contributed by atoms with Gasteiger partial charge in [0, 0.05) is 6.08 Å². The molecule has 0 fully saturated rings. The van der Waals surface area contributed by atoms with Crippen LogP contribution in [0.25, 0.3) is 0 Å². The molecule has 1 rings (SSSR count). The highest BCUT2D eigenvalue weighted by Crippen LogP contribution is 2.29. The summed E-state index contributed by atoms with van der Waals surface area (Å²) in [5, 5.41) is 0.834. The zero-order valence-corrected chi connectivity index (χ0v) is 12.2. The fourth-order valence-corrected chi connectivity index (χ4v) is 2.02. The van der Waals surface area contributed by atoms with E-state index >= 15 is 0 Å². The van der Waals surface area contributed by atoms with Crippen LogP contribution in [0.4, 0.5) is 0 Å². The normalized spacial score (nSPS) is 9.84. The number of hydrogen-bond donors (Lipinski definition) is 0. The smallest absolute Gasteiger partial charge is 0.330 e. The molecule has 0 aromatic heterocycles. The molecule has 0 saturated carbocycles. The van der Waals surface area contributed by atoms with Crippen molar-refractivity contribution in [2.45, 2.75) is 12.8 Å². The third-order valence-electron chi connectivity index (χ3n) is 2.60. The van der Waals surface area contributed by atoms with Crippen LogP contribution in [0.3, 0.4) is 0 Å². The maximum absolute atomic E-state index is 10.9. The van der Waals surface area contributed by atoms with Crippen molar-refractivity contribution < 1.29 is 19.0 Å². The number of methoxy groups -OCH3 is 2. The monoisotopic (exact) mass is 277 g/mol. The van der Waals surface area contributed by atoms with Crippen molar-refractivity contribution in [2.24, 2.45) is 0 Å². The van der Waals surface area contributed by atoms with Gasteiger partial charge in [0.15, 0.2) is 11.5 Å². The maximum Gasteiger partial charge on any atom is 0.330 e. The Bertz CT molecular complexity index is 457. The highest BCUT2D eigenvalue weighted by molar-refractivity contribution is 6.34. The van der Waals surface area contributed by atoms with Crippen molar-refractivity contribution in [2.75, 3.05) is 20.8 Å². The molecule has 0 bridgehead atoms. The van der Waals surface area contributed by atoms with Crippen LogP contribution in [0.1, 0.15) is 12.0 Å². The highest BCUT2D eigenvalue weighted by atomic mass is 28.1. The van der Waals surface area contributed by atoms with Gasteiger partial charge in [-0.3, -0.25) is 0 Å². The van der Waals surface area contributed by atoms with E-state index < -0.39 is 5.97 Å². The van der Waals surface area contributed by atoms with Crippen LogP contribution < -0.4 is 14.7 Å². The molecule has 0 aliphatic heterocycles. The van der Waals surface area contributed by atoms with Gasteiger partial charge >= 0.3 is 5.97 Å². The maximum atomic E-state index is 10.9. The minimum atomic E-state index is -0.403. The molecule has 0 unspecified atom stereocenters. The van der Waals surface area contributed by atoms with Crippen molar-refractivity contribution in [3.05, 3.63) is 30.4 Å². The lowest BCUT2D eigenvalue weighted by atomic mass is 10.1. The topological polar surface area (TPSA) is 44.8 Å². The summed E-state index contributed by atoms with van der Waals surface area (Å²) < 4.78 is 15.6. The summed E-state index contributed by atoms with van der Waals surface area (Å²) >= 11 is 0. The largest absolute Gasteiger partial charge is 0.493 e. The van der Waals surface area contributed by atoms with Gasteiger partial charge in [0.25, 0.3) is 0 Å². The summed E-state index contributed by atoms with van der Waals surface area (Å²) in [6.45, 7) is 3.69. The van der Waals surface area contributed by atoms with E-state index in [4.69, 9.17) is 14.2 Å². The summed E-state index contributed by atoms with van der Waals surface area (Å²) in [4.78, 5) is 10.9. The number of hydrogen-bond acceptors (Lipinski definition) is 4. The average Bonchev–Trinajstić information content (AvgIpc) is 2.43. The number of aryl methyl sites for hydroxylation is 1. The van der Waals surface area contributed by atoms with Crippen LogP contribution in [0.15, 0.2) is 24.8 Å². The van der Waals surface area contributed by atoms with Gasteiger partial charge < -0.3 is 14.2 Å². The first-order valence-corrected chi connectivity index (χ1v) is 6.38. The standard InChI is InChI=1S/C14H17O4Si/c1-4-12(15)18-9-5-6-10-7-8-11(19)14(17-3)13(10)16-2/h4,7-8H,1,5-6,9H2,2-3H3. The highest BCUT2D eigenvalue weighted by Gasteiger charge is 2.12. The molecular formula is C14H17O4Si. The van der Waals surface area contributed by atoms with Crippen molar-refractivity contribution >= 4 is 21.4 Å². The van der Waals surface area contributed by atoms with E-state index in [0.29, 0.717) is 24.5 Å². The molecule has 1 aromatic carbocycles. The summed E-state index contributed by atoms with van der Waals surface area (Å²) in [5.74, 6) is 0.963. The molecule has 0 saturated heterocycles. The van der Waals surface area contributed by atoms with Gasteiger partial charge in [0.05, 0.1) is 31.1 Å². The van der Waals surface area contributed by atoms with Crippen molar-refractivity contribution in [3.63, 3.8) is 0 Å². The Morgan fingerprint density at radius 2 is 2.00 bits per heavy atom. The van der Waals surface area contributed by atoms with Crippen molar-refractivity contribution in [3.8, 4) is 11.5 Å². The first-order chi connectivity index (χ1) is 9.13. The molecule has 0 atom stereocenters. The quantitative estimate of drug-likeness (QED) is 0.325. The minimum Gasteiger partial charge on any atom is -0.493 e. The van der Waals surface area contributed by atoms with E-state index in [1.807, 2.05) is 12.1 Å². The van der Waals surface area contributed by atoms with Gasteiger partial charge in [-0.15, -0.1) is 0 Å². The first kappa shape index (κ1) is 15.3. The molecule has 0 spiro atoms. The van der Waals surface area contributed by atoms with Gasteiger partial charge in [-0.1, -0.05) is 18.7 Å². The van der Waals surface area contributed by atoms with E-state index in [-0.39, 0.29) is 0 Å². The van der Waals surface area contributed by atoms with Crippen LogP contribution in [0.2, 0.25) is 0 Å². The average molecular weight is 277 g/mol. The SMILES string of the molecule is C=CC(=O)OCCCc1ccc([Si])c(OC)c1OC. The first-order valence-electron chi connectivity index (χ1n) is 5.88. The van der Waals surface area contributed by atoms with Gasteiger partial charge in [-0.05, 0) is 23.6 Å². The molecule has 0 N–H and O–H groups in total. The zero-order valence-electron chi connectivity index (χ0n) is 11.2. The Labute approximate surface area is 116 Å². The van der Waals surface area contributed by atoms with E-state index in [1.54, 1.807) is 14.2 Å². The molecule has 0 aliphatic rings. The molecule has 5 heteroatoms. The number of rotatable bonds is 7. The number of esters is 1. The zero-order chi connectivity index (χ0) is 14.3. The minimum absolute atomic E-state index is 0.353. The Morgan fingerprint density at radius 1 is 1.32 bits per heavy atom. The Kier molecular flexibility index (Phi) is 6.15. The second-order valence-corrected chi connectivity index (χ2v) is 4.35. The van der Waals surface area contributed by atoms with Gasteiger partial charge in [0.1, 0.15) is 0 Å². The summed E-state index contributed by atoms with van der Waals surface area (Å²) in [6.07, 6.45) is 2.60. The van der Waals surface area contributed by atoms with Gasteiger partial charge in [-0.25, -0.2) is 4.79 Å². The molecule has 0 heterocycles. The van der Waals surface area contributed by atoms with Crippen LogP contribution in [0, 0.1) is 0 Å². The fraction of sp³-hybridized carbons (Fsp3) is 0.357. The lowest BCUT2D eigenvalue weighted by Gasteiger charge is -2.14. The third kappa shape index (κ3) is 4.13. The number of ether oxygens (including phenoxy) is 3. The predicted octanol–water partition coefficient (Wildman–Crippen LogP) is 1.16. The molecule has 101 valence electrons. The summed E-state index contributed by atoms with van der Waals surface area (Å²) in [6, 6.07) is 3.86. The van der Waals surface area contributed by atoms with Gasteiger partial charge in [0.2, 0.25) is 0 Å². The Hall–Kier alpha value is -1.75. The van der Waals surface area contributed by atoms with Gasteiger partial charge in [-0.2, -0.15) is 0 Å². The van der Waals surface area contributed by atoms with Crippen molar-refractivity contribution in [1.29, 1.82) is 0 Å². The second-order valence-electron chi connectivity index (χ2n) is 3.81. The number of carbonyl (C=O) groups is 1. The van der Waals surface area contributed by atoms with E-state index in [9.17, 15) is 4.79 Å². The Morgan fingerprint density at radius 3 is 2.58 bits per heavy atom. The van der Waals surface area contributed by atoms with Crippen LogP contribution >= 0.6 is 0 Å². The van der Waals surface area contributed by atoms with Crippen molar-refractivity contribution in [1.82, 2.24) is 0 Å². The lowest BCUT2D eigenvalue weighted by Crippen LogP contribution is -2.11. The summed E-state index contributed by atoms with van der Waals surface area (Å²) in [5.41, 5.74) is 1.01. The van der Waals surface area contributed by atoms with E-state index in [0.717, 1.165) is 23.2 Å². The Balaban J connectivity index is 2.68. The molecule has 0 aliphatic carbocycles. The molecule has 3 radical (unpaired) electrons. The van der Waals surface area contributed by atoms with Crippen LogP contribution in [-0.2, 0) is 16.0 Å². The molecule has 0 amide bonds. The summed E-state index contributed by atoms with van der Waals surface area (Å²) in [7, 11) is 6.66. The molecular weight excluding hydrogens is 260 g/mol. The van der Waals surface area contributed by atoms with Crippen LogP contribution in [0.5, 0.6) is 11.5 Å². The fourth-order valence-electron chi connectivity index (χ4n) is 1.72. The van der Waals surface area contributed by atoms with E-state index in [2.05, 4.69) is 16.8 Å². The number of carbonyl (C=O) groups excluding carboxylic acids is 1. The number of benzene rings is 1.